The first-order valence-corrected chi connectivity index (χ1v) is 17.4. The van der Waals surface area contributed by atoms with E-state index in [0.717, 1.165) is 5.90 Å². The van der Waals surface area contributed by atoms with Crippen molar-refractivity contribution < 1.29 is 4.43 Å². The maximum atomic E-state index is 5.74. The van der Waals surface area contributed by atoms with Gasteiger partial charge < -0.3 is 4.43 Å². The normalized spacial score (nSPS) is 13.9. The monoisotopic (exact) mass is 311 g/mol. The SMILES string of the molecule is CC(=N[Si](C)(C)C)O[Si](C)(C)C.C[Si](C)(C)Cl. The molecule has 0 aliphatic carbocycles. The first-order valence-electron chi connectivity index (χ1n) is 6.04. The van der Waals surface area contributed by atoms with Gasteiger partial charge in [-0.2, -0.15) is 11.1 Å². The molecule has 0 radical (unpaired) electrons. The first kappa shape index (κ1) is 19.7. The summed E-state index contributed by atoms with van der Waals surface area (Å²) in [5.74, 6) is 0.883. The van der Waals surface area contributed by atoms with Crippen molar-refractivity contribution in [1.82, 2.24) is 0 Å². The Hall–Kier alpha value is 0.411. The maximum Gasteiger partial charge on any atom is 0.243 e. The van der Waals surface area contributed by atoms with Crippen molar-refractivity contribution >= 4 is 40.9 Å². The van der Waals surface area contributed by atoms with E-state index in [4.69, 9.17) is 15.5 Å². The van der Waals surface area contributed by atoms with E-state index in [1.54, 1.807) is 0 Å². The molecule has 17 heavy (non-hydrogen) atoms. The second-order valence-electron chi connectivity index (χ2n) is 7.08. The summed E-state index contributed by atoms with van der Waals surface area (Å²) in [7, 11) is -3.90. The van der Waals surface area contributed by atoms with Crippen LogP contribution >= 0.6 is 11.1 Å². The lowest BCUT2D eigenvalue weighted by Gasteiger charge is -2.21. The molecule has 0 saturated carbocycles. The Morgan fingerprint density at radius 3 is 1.35 bits per heavy atom. The molecular formula is C11H30ClNOSi3. The summed E-state index contributed by atoms with van der Waals surface area (Å²) < 4.78 is 10.3. The molecule has 0 aliphatic rings. The summed E-state index contributed by atoms with van der Waals surface area (Å²) in [4.78, 5) is 0. The van der Waals surface area contributed by atoms with Crippen molar-refractivity contribution in [1.29, 1.82) is 0 Å². The van der Waals surface area contributed by atoms with E-state index in [9.17, 15) is 0 Å². The summed E-state index contributed by atoms with van der Waals surface area (Å²) in [5, 5.41) is 0. The van der Waals surface area contributed by atoms with Gasteiger partial charge in [0.15, 0.2) is 14.1 Å². The zero-order valence-corrected chi connectivity index (χ0v) is 17.0. The standard InChI is InChI=1S/C8H21NOSi2.C3H9ClSi/c1-8(9-11(2,3)4)10-12(5,6)7;1-5(2,3)4/h1-7H3;1-3H3. The van der Waals surface area contributed by atoms with E-state index < -0.39 is 23.9 Å². The van der Waals surface area contributed by atoms with Crippen molar-refractivity contribution in [3.63, 3.8) is 0 Å². The quantitative estimate of drug-likeness (QED) is 0.299. The van der Waals surface area contributed by atoms with E-state index in [-0.39, 0.29) is 0 Å². The number of hydrogen-bond acceptors (Lipinski definition) is 2. The highest BCUT2D eigenvalue weighted by molar-refractivity contribution is 7.18. The molecule has 0 aromatic carbocycles. The molecule has 104 valence electrons. The Kier molecular flexibility index (Phi) is 8.26. The van der Waals surface area contributed by atoms with Crippen LogP contribution in [0.15, 0.2) is 4.66 Å². The van der Waals surface area contributed by atoms with Gasteiger partial charge in [0.2, 0.25) is 8.32 Å². The molecule has 0 bridgehead atoms. The van der Waals surface area contributed by atoms with Crippen LogP contribution in [0.3, 0.4) is 0 Å². The summed E-state index contributed by atoms with van der Waals surface area (Å²) in [6.07, 6.45) is 0. The third-order valence-electron chi connectivity index (χ3n) is 0.947. The fourth-order valence-corrected chi connectivity index (χ4v) is 2.95. The highest BCUT2D eigenvalue weighted by Crippen LogP contribution is 2.08. The van der Waals surface area contributed by atoms with Crippen molar-refractivity contribution in [2.75, 3.05) is 0 Å². The molecule has 0 aliphatic heterocycles. The number of nitrogens with zero attached hydrogens (tertiary/aromatic N) is 1. The van der Waals surface area contributed by atoms with Crippen molar-refractivity contribution in [2.45, 2.75) is 65.8 Å². The van der Waals surface area contributed by atoms with Crippen LogP contribution in [-0.2, 0) is 4.43 Å². The van der Waals surface area contributed by atoms with Crippen LogP contribution in [-0.4, -0.2) is 29.8 Å². The lowest BCUT2D eigenvalue weighted by Crippen LogP contribution is -2.30. The van der Waals surface area contributed by atoms with E-state index in [0.29, 0.717) is 0 Å². The maximum absolute atomic E-state index is 5.74. The van der Waals surface area contributed by atoms with Gasteiger partial charge in [0.25, 0.3) is 0 Å². The zero-order valence-electron chi connectivity index (χ0n) is 13.2. The summed E-state index contributed by atoms with van der Waals surface area (Å²) >= 11 is 5.67. The molecule has 0 unspecified atom stereocenters. The molecule has 0 spiro atoms. The Morgan fingerprint density at radius 2 is 1.18 bits per heavy atom. The second kappa shape index (κ2) is 7.11. The minimum atomic E-state index is -1.43. The first-order chi connectivity index (χ1) is 7.10. The number of halogens is 1. The fraction of sp³-hybridized carbons (Fsp3) is 0.909. The molecule has 0 aromatic rings. The van der Waals surface area contributed by atoms with Crippen LogP contribution in [0.4, 0.5) is 0 Å². The van der Waals surface area contributed by atoms with Crippen LogP contribution in [0, 0.1) is 0 Å². The van der Waals surface area contributed by atoms with Gasteiger partial charge in [-0.25, -0.2) is 0 Å². The zero-order chi connectivity index (χ0) is 14.5. The van der Waals surface area contributed by atoms with E-state index in [1.807, 2.05) is 6.92 Å². The van der Waals surface area contributed by atoms with E-state index >= 15 is 0 Å². The smallest absolute Gasteiger partial charge is 0.243 e. The molecule has 6 heteroatoms. The van der Waals surface area contributed by atoms with E-state index in [2.05, 4.69) is 63.6 Å². The minimum Gasteiger partial charge on any atom is -0.535 e. The Bertz CT molecular complexity index is 243. The molecule has 0 fully saturated rings. The molecule has 0 rings (SSSR count). The Morgan fingerprint density at radius 1 is 0.882 bits per heavy atom. The van der Waals surface area contributed by atoms with E-state index in [1.165, 1.54) is 0 Å². The van der Waals surface area contributed by atoms with Crippen molar-refractivity contribution in [3.8, 4) is 0 Å². The molecular weight excluding hydrogens is 282 g/mol. The van der Waals surface area contributed by atoms with Gasteiger partial charge in [0.05, 0.1) is 0 Å². The van der Waals surface area contributed by atoms with Crippen LogP contribution in [0.2, 0.25) is 58.9 Å². The summed E-state index contributed by atoms with van der Waals surface area (Å²) in [5.41, 5.74) is 0. The molecule has 0 saturated heterocycles. The molecule has 0 heterocycles. The number of hydrogen-bond donors (Lipinski definition) is 0. The van der Waals surface area contributed by atoms with Gasteiger partial charge in [-0.1, -0.05) is 19.6 Å². The molecule has 0 N–H and O–H groups in total. The van der Waals surface area contributed by atoms with Crippen molar-refractivity contribution in [3.05, 3.63) is 0 Å². The van der Waals surface area contributed by atoms with Gasteiger partial charge in [0.1, 0.15) is 7.38 Å². The van der Waals surface area contributed by atoms with Gasteiger partial charge in [0, 0.05) is 6.92 Å². The third kappa shape index (κ3) is 31.4. The lowest BCUT2D eigenvalue weighted by molar-refractivity contribution is 0.549. The molecule has 0 amide bonds. The van der Waals surface area contributed by atoms with Gasteiger partial charge in [-0.3, -0.25) is 4.66 Å². The predicted molar refractivity (Wildman–Crippen MR) is 90.1 cm³/mol. The lowest BCUT2D eigenvalue weighted by atomic mass is 10.8. The average Bonchev–Trinajstić information content (AvgIpc) is 1.69. The van der Waals surface area contributed by atoms with Crippen LogP contribution < -0.4 is 0 Å². The highest BCUT2D eigenvalue weighted by Gasteiger charge is 2.18. The predicted octanol–water partition coefficient (Wildman–Crippen LogP) is 5.15. The van der Waals surface area contributed by atoms with Gasteiger partial charge in [-0.05, 0) is 39.3 Å². The third-order valence-corrected chi connectivity index (χ3v) is 2.84. The highest BCUT2D eigenvalue weighted by atomic mass is 35.6. The fourth-order valence-electron chi connectivity index (χ4n) is 0.938. The largest absolute Gasteiger partial charge is 0.535 e. The topological polar surface area (TPSA) is 21.6 Å². The molecule has 2 nitrogen and oxygen atoms in total. The van der Waals surface area contributed by atoms with Gasteiger partial charge >= 0.3 is 0 Å². The second-order valence-corrected chi connectivity index (χ2v) is 23.6. The summed E-state index contributed by atoms with van der Waals surface area (Å²) in [6.45, 7) is 21.4. The number of rotatable bonds is 2. The van der Waals surface area contributed by atoms with Crippen LogP contribution in [0.1, 0.15) is 6.92 Å². The minimum absolute atomic E-state index is 0.883. The molecule has 0 atom stereocenters. The van der Waals surface area contributed by atoms with Crippen molar-refractivity contribution in [2.24, 2.45) is 4.66 Å². The van der Waals surface area contributed by atoms with Crippen LogP contribution in [0.25, 0.3) is 0 Å². The van der Waals surface area contributed by atoms with Crippen LogP contribution in [0.5, 0.6) is 0 Å². The Balaban J connectivity index is 0. The molecule has 0 aromatic heterocycles. The Labute approximate surface area is 116 Å². The van der Waals surface area contributed by atoms with Gasteiger partial charge in [-0.15, -0.1) is 0 Å². The average molecular weight is 312 g/mol. The summed E-state index contributed by atoms with van der Waals surface area (Å²) in [6, 6.07) is 0.